The Kier molecular flexibility index (Phi) is 6.04. The summed E-state index contributed by atoms with van der Waals surface area (Å²) in [4.78, 5) is 20.7. The molecule has 0 aromatic rings. The summed E-state index contributed by atoms with van der Waals surface area (Å²) in [5.74, 6) is -3.25. The zero-order chi connectivity index (χ0) is 12.9. The van der Waals surface area contributed by atoms with Gasteiger partial charge < -0.3 is 25.5 Å². The molecule has 4 unspecified atom stereocenters. The molecular weight excluding hydrogens is 227 g/mol. The Morgan fingerprint density at radius 2 is 1.62 bits per heavy atom. The third-order valence-corrected chi connectivity index (χ3v) is 1.91. The number of aliphatic hydroxyl groups excluding tert-OH is 4. The number of alkyl halides is 1. The molecule has 0 heterocycles. The van der Waals surface area contributed by atoms with E-state index in [0.29, 0.717) is 0 Å². The Morgan fingerprint density at radius 1 is 1.12 bits per heavy atom. The highest BCUT2D eigenvalue weighted by molar-refractivity contribution is 6.32. The molecule has 0 saturated heterocycles. The van der Waals surface area contributed by atoms with Crippen LogP contribution >= 0.6 is 0 Å². The molecule has 0 bridgehead atoms. The number of carbonyl (C=O) groups is 2. The van der Waals surface area contributed by atoms with Crippen LogP contribution in [0, 0.1) is 0 Å². The molecule has 0 aliphatic rings. The fourth-order valence-corrected chi connectivity index (χ4v) is 0.938. The van der Waals surface area contributed by atoms with Crippen molar-refractivity contribution in [3.05, 3.63) is 0 Å². The van der Waals surface area contributed by atoms with Crippen molar-refractivity contribution in [1.29, 1.82) is 0 Å². The molecule has 4 atom stereocenters. The van der Waals surface area contributed by atoms with Gasteiger partial charge in [0.1, 0.15) is 12.2 Å². The molecule has 7 nitrogen and oxygen atoms in total. The number of aliphatic carboxylic acids is 1. The molecule has 8 heteroatoms. The predicted octanol–water partition coefficient (Wildman–Crippen LogP) is -2.56. The van der Waals surface area contributed by atoms with E-state index in [1.807, 2.05) is 0 Å². The number of carbonyl (C=O) groups excluding carboxylic acids is 1. The van der Waals surface area contributed by atoms with Crippen LogP contribution in [0.25, 0.3) is 0 Å². The zero-order valence-corrected chi connectivity index (χ0v) is 8.15. The zero-order valence-electron chi connectivity index (χ0n) is 8.15. The smallest absolute Gasteiger partial charge is 0.372 e. The third kappa shape index (κ3) is 4.19. The highest BCUT2D eigenvalue weighted by Crippen LogP contribution is 2.12. The average molecular weight is 240 g/mol. The van der Waals surface area contributed by atoms with Crippen LogP contribution in [0.3, 0.4) is 0 Å². The van der Waals surface area contributed by atoms with Gasteiger partial charge in [0.2, 0.25) is 5.78 Å². The fourth-order valence-electron chi connectivity index (χ4n) is 0.938. The second-order valence-corrected chi connectivity index (χ2v) is 3.18. The number of carboxylic acid groups (broad SMARTS) is 1. The van der Waals surface area contributed by atoms with Gasteiger partial charge in [0.25, 0.3) is 0 Å². The van der Waals surface area contributed by atoms with Crippen LogP contribution in [0.4, 0.5) is 4.39 Å². The number of hydrogen-bond acceptors (Lipinski definition) is 6. The number of Topliss-reactive ketones (excluding diaryl/α,β-unsaturated/α-hetero) is 1. The summed E-state index contributed by atoms with van der Waals surface area (Å²) in [7, 11) is 0. The Labute approximate surface area is 89.8 Å². The van der Waals surface area contributed by atoms with Gasteiger partial charge in [0, 0.05) is 6.42 Å². The van der Waals surface area contributed by atoms with Gasteiger partial charge in [-0.15, -0.1) is 0 Å². The summed E-state index contributed by atoms with van der Waals surface area (Å²) < 4.78 is 13.1. The molecule has 0 spiro atoms. The summed E-state index contributed by atoms with van der Waals surface area (Å²) in [6.45, 7) is -0.929. The molecule has 0 aliphatic heterocycles. The van der Waals surface area contributed by atoms with Crippen LogP contribution in [0.5, 0.6) is 0 Å². The number of carboxylic acids is 1. The maximum absolute atomic E-state index is 13.1. The second-order valence-electron chi connectivity index (χ2n) is 3.18. The van der Waals surface area contributed by atoms with E-state index in [9.17, 15) is 14.0 Å². The van der Waals surface area contributed by atoms with Crippen molar-refractivity contribution in [3.8, 4) is 0 Å². The fraction of sp³-hybridized carbons (Fsp3) is 0.750. The summed E-state index contributed by atoms with van der Waals surface area (Å²) in [5.41, 5.74) is 0. The Balaban J connectivity index is 4.32. The van der Waals surface area contributed by atoms with Crippen molar-refractivity contribution in [3.63, 3.8) is 0 Å². The molecule has 0 aromatic heterocycles. The number of halogens is 1. The molecule has 16 heavy (non-hydrogen) atoms. The first kappa shape index (κ1) is 14.9. The van der Waals surface area contributed by atoms with E-state index in [1.165, 1.54) is 0 Å². The van der Waals surface area contributed by atoms with Crippen molar-refractivity contribution in [2.24, 2.45) is 0 Å². The summed E-state index contributed by atoms with van der Waals surface area (Å²) in [6.07, 6.45) is -9.41. The molecule has 5 N–H and O–H groups in total. The van der Waals surface area contributed by atoms with Crippen LogP contribution < -0.4 is 0 Å². The van der Waals surface area contributed by atoms with E-state index < -0.39 is 49.3 Å². The molecule has 94 valence electrons. The highest BCUT2D eigenvalue weighted by atomic mass is 19.1. The number of hydrogen-bond donors (Lipinski definition) is 5. The predicted molar refractivity (Wildman–Crippen MR) is 47.3 cm³/mol. The van der Waals surface area contributed by atoms with Gasteiger partial charge >= 0.3 is 5.97 Å². The summed E-state index contributed by atoms with van der Waals surface area (Å²) in [6, 6.07) is 0. The van der Waals surface area contributed by atoms with Crippen LogP contribution in [0.15, 0.2) is 0 Å². The number of aliphatic hydroxyl groups is 4. The average Bonchev–Trinajstić information content (AvgIpc) is 2.25. The Bertz CT molecular complexity index is 257. The lowest BCUT2D eigenvalue weighted by Crippen LogP contribution is -2.44. The van der Waals surface area contributed by atoms with Gasteiger partial charge in [0.05, 0.1) is 12.7 Å². The van der Waals surface area contributed by atoms with Gasteiger partial charge in [0.15, 0.2) is 6.17 Å². The first-order chi connectivity index (χ1) is 7.31. The maximum Gasteiger partial charge on any atom is 0.372 e. The Hall–Kier alpha value is -1.09. The first-order valence-corrected chi connectivity index (χ1v) is 4.36. The lowest BCUT2D eigenvalue weighted by Gasteiger charge is -2.22. The summed E-state index contributed by atoms with van der Waals surface area (Å²) in [5, 5.41) is 43.4. The van der Waals surface area contributed by atoms with Crippen LogP contribution in [-0.4, -0.2) is 68.4 Å². The quantitative estimate of drug-likeness (QED) is 0.309. The van der Waals surface area contributed by atoms with E-state index in [1.54, 1.807) is 0 Å². The highest BCUT2D eigenvalue weighted by Gasteiger charge is 2.33. The van der Waals surface area contributed by atoms with Crippen molar-refractivity contribution in [2.75, 3.05) is 6.61 Å². The normalized spacial score (nSPS) is 18.6. The van der Waals surface area contributed by atoms with Gasteiger partial charge in [-0.05, 0) is 0 Å². The summed E-state index contributed by atoms with van der Waals surface area (Å²) >= 11 is 0. The van der Waals surface area contributed by atoms with Gasteiger partial charge in [-0.3, -0.25) is 4.79 Å². The second kappa shape index (κ2) is 6.48. The number of ketones is 1. The molecule has 0 aliphatic carbocycles. The molecular formula is C8H13FO7. The molecule has 0 aromatic carbocycles. The van der Waals surface area contributed by atoms with Crippen molar-refractivity contribution in [2.45, 2.75) is 30.9 Å². The Morgan fingerprint density at radius 3 is 2.00 bits per heavy atom. The monoisotopic (exact) mass is 240 g/mol. The molecule has 0 rings (SSSR count). The largest absolute Gasteiger partial charge is 0.475 e. The van der Waals surface area contributed by atoms with Crippen LogP contribution in [0.1, 0.15) is 6.42 Å². The SMILES string of the molecule is O=C(O)C(=O)CC(O)C(F)C(O)C(O)CO. The van der Waals surface area contributed by atoms with E-state index in [4.69, 9.17) is 25.5 Å². The molecule has 0 fully saturated rings. The first-order valence-electron chi connectivity index (χ1n) is 4.36. The maximum atomic E-state index is 13.1. The van der Waals surface area contributed by atoms with Crippen molar-refractivity contribution in [1.82, 2.24) is 0 Å². The number of rotatable bonds is 7. The van der Waals surface area contributed by atoms with Gasteiger partial charge in [-0.2, -0.15) is 0 Å². The minimum atomic E-state index is -2.43. The lowest BCUT2D eigenvalue weighted by atomic mass is 10.0. The minimum Gasteiger partial charge on any atom is -0.475 e. The molecule has 0 radical (unpaired) electrons. The standard InChI is InChI=1S/C8H13FO7/c9-6(7(14)5(13)2-10)3(11)1-4(12)8(15)16/h3,5-7,10-11,13-14H,1-2H2,(H,15,16). The minimum absolute atomic E-state index is 0.929. The third-order valence-electron chi connectivity index (χ3n) is 1.91. The lowest BCUT2D eigenvalue weighted by molar-refractivity contribution is -0.151. The van der Waals surface area contributed by atoms with E-state index in [2.05, 4.69) is 0 Å². The molecule has 0 amide bonds. The molecule has 0 saturated carbocycles. The van der Waals surface area contributed by atoms with Gasteiger partial charge in [-0.1, -0.05) is 0 Å². The van der Waals surface area contributed by atoms with Crippen LogP contribution in [-0.2, 0) is 9.59 Å². The van der Waals surface area contributed by atoms with Crippen molar-refractivity contribution < 1.29 is 39.5 Å². The van der Waals surface area contributed by atoms with Gasteiger partial charge in [-0.25, -0.2) is 9.18 Å². The topological polar surface area (TPSA) is 135 Å². The van der Waals surface area contributed by atoms with E-state index >= 15 is 0 Å². The van der Waals surface area contributed by atoms with Crippen molar-refractivity contribution >= 4 is 11.8 Å². The van der Waals surface area contributed by atoms with E-state index in [-0.39, 0.29) is 0 Å². The van der Waals surface area contributed by atoms with Crippen LogP contribution in [0.2, 0.25) is 0 Å². The van der Waals surface area contributed by atoms with E-state index in [0.717, 1.165) is 0 Å².